The van der Waals surface area contributed by atoms with E-state index in [0.29, 0.717) is 11.7 Å². The monoisotopic (exact) mass is 345 g/mol. The predicted octanol–water partition coefficient (Wildman–Crippen LogP) is -4.68. The van der Waals surface area contributed by atoms with Crippen LogP contribution in [0.1, 0.15) is 6.42 Å². The topological polar surface area (TPSA) is 110 Å². The Hall–Kier alpha value is -1.00. The molecule has 3 rings (SSSR count). The first-order chi connectivity index (χ1) is 11.0. The SMILES string of the molecule is O=C([O-])[C@@H]1C[C@@H](O)[C@H](O)[C@@H]2NC(=S)N(CC[NH+]3CCOCC3)[C@@H]21. The van der Waals surface area contributed by atoms with E-state index in [1.165, 1.54) is 4.90 Å². The van der Waals surface area contributed by atoms with Crippen LogP contribution >= 0.6 is 12.2 Å². The molecule has 9 heteroatoms. The minimum atomic E-state index is -1.21. The first-order valence-corrected chi connectivity index (χ1v) is 8.45. The third-order valence-corrected chi connectivity index (χ3v) is 5.51. The van der Waals surface area contributed by atoms with Crippen molar-refractivity contribution in [3.8, 4) is 0 Å². The number of hydrogen-bond donors (Lipinski definition) is 4. The van der Waals surface area contributed by atoms with E-state index < -0.39 is 36.2 Å². The molecular weight excluding hydrogens is 322 g/mol. The minimum Gasteiger partial charge on any atom is -0.550 e. The van der Waals surface area contributed by atoms with Gasteiger partial charge in [-0.1, -0.05) is 0 Å². The number of aliphatic hydroxyl groups excluding tert-OH is 2. The van der Waals surface area contributed by atoms with Crippen LogP contribution < -0.4 is 15.3 Å². The fraction of sp³-hybridized carbons (Fsp3) is 0.857. The number of morpholine rings is 1. The Bertz CT molecular complexity index is 473. The van der Waals surface area contributed by atoms with Gasteiger partial charge in [0.1, 0.15) is 19.2 Å². The van der Waals surface area contributed by atoms with E-state index in [9.17, 15) is 20.1 Å². The summed E-state index contributed by atoms with van der Waals surface area (Å²) in [5.41, 5.74) is 0. The molecule has 2 aliphatic heterocycles. The molecule has 0 spiro atoms. The van der Waals surface area contributed by atoms with Crippen LogP contribution in [0.3, 0.4) is 0 Å². The second-order valence-corrected chi connectivity index (χ2v) is 6.88. The van der Waals surface area contributed by atoms with E-state index in [1.807, 2.05) is 4.90 Å². The first kappa shape index (κ1) is 16.8. The maximum Gasteiger partial charge on any atom is 0.169 e. The van der Waals surface area contributed by atoms with Crippen molar-refractivity contribution in [1.29, 1.82) is 0 Å². The lowest BCUT2D eigenvalue weighted by atomic mass is 9.78. The van der Waals surface area contributed by atoms with Crippen molar-refractivity contribution in [1.82, 2.24) is 10.2 Å². The second-order valence-electron chi connectivity index (χ2n) is 6.49. The number of carboxylic acid groups (broad SMARTS) is 1. The van der Waals surface area contributed by atoms with E-state index in [2.05, 4.69) is 5.32 Å². The number of thiocarbonyl (C=S) groups is 1. The lowest BCUT2D eigenvalue weighted by molar-refractivity contribution is -0.907. The Morgan fingerprint density at radius 2 is 2.13 bits per heavy atom. The fourth-order valence-electron chi connectivity index (χ4n) is 3.85. The number of hydrogen-bond acceptors (Lipinski definition) is 6. The summed E-state index contributed by atoms with van der Waals surface area (Å²) in [6.07, 6.45) is -2.14. The van der Waals surface area contributed by atoms with Crippen LogP contribution in [-0.4, -0.2) is 89.9 Å². The third-order valence-electron chi connectivity index (χ3n) is 5.16. The van der Waals surface area contributed by atoms with Gasteiger partial charge in [-0.25, -0.2) is 0 Å². The molecule has 1 aliphatic carbocycles. The summed E-state index contributed by atoms with van der Waals surface area (Å²) >= 11 is 5.33. The summed E-state index contributed by atoms with van der Waals surface area (Å²) < 4.78 is 5.33. The zero-order chi connectivity index (χ0) is 16.6. The molecule has 1 saturated carbocycles. The lowest BCUT2D eigenvalue weighted by Crippen LogP contribution is -3.14. The average molecular weight is 345 g/mol. The quantitative estimate of drug-likeness (QED) is 0.377. The second kappa shape index (κ2) is 6.86. The largest absolute Gasteiger partial charge is 0.550 e. The van der Waals surface area contributed by atoms with E-state index in [1.54, 1.807) is 0 Å². The Labute approximate surface area is 140 Å². The van der Waals surface area contributed by atoms with Gasteiger partial charge in [0.15, 0.2) is 5.11 Å². The molecule has 4 N–H and O–H groups in total. The summed E-state index contributed by atoms with van der Waals surface area (Å²) in [5, 5.41) is 35.0. The molecule has 0 aromatic heterocycles. The highest BCUT2D eigenvalue weighted by atomic mass is 32.1. The summed E-state index contributed by atoms with van der Waals surface area (Å²) in [4.78, 5) is 14.7. The molecule has 0 aromatic carbocycles. The number of ether oxygens (including phenoxy) is 1. The van der Waals surface area contributed by atoms with Gasteiger partial charge in [-0.3, -0.25) is 0 Å². The van der Waals surface area contributed by atoms with E-state index in [0.717, 1.165) is 32.8 Å². The number of rotatable bonds is 4. The average Bonchev–Trinajstić information content (AvgIpc) is 2.86. The molecule has 0 amide bonds. The fourth-order valence-corrected chi connectivity index (χ4v) is 4.20. The van der Waals surface area contributed by atoms with Crippen molar-refractivity contribution >= 4 is 23.3 Å². The van der Waals surface area contributed by atoms with E-state index in [-0.39, 0.29) is 6.42 Å². The molecule has 3 aliphatic rings. The van der Waals surface area contributed by atoms with Crippen LogP contribution in [0.15, 0.2) is 0 Å². The highest BCUT2D eigenvalue weighted by Crippen LogP contribution is 2.33. The molecule has 2 saturated heterocycles. The van der Waals surface area contributed by atoms with Gasteiger partial charge in [0.2, 0.25) is 0 Å². The number of carbonyl (C=O) groups is 1. The number of carbonyl (C=O) groups excluding carboxylic acids is 1. The molecule has 5 atom stereocenters. The van der Waals surface area contributed by atoms with Crippen LogP contribution in [0.4, 0.5) is 0 Å². The highest BCUT2D eigenvalue weighted by molar-refractivity contribution is 7.80. The molecule has 130 valence electrons. The minimum absolute atomic E-state index is 0.0180. The van der Waals surface area contributed by atoms with Gasteiger partial charge in [-0.15, -0.1) is 0 Å². The Balaban J connectivity index is 1.71. The number of quaternary nitrogens is 1. The van der Waals surface area contributed by atoms with Gasteiger partial charge >= 0.3 is 0 Å². The molecule has 8 nitrogen and oxygen atoms in total. The lowest BCUT2D eigenvalue weighted by Gasteiger charge is -2.42. The standard InChI is InChI=1S/C14H23N3O5S/c18-9-7-8(13(20)21)11-10(12(9)19)15-14(23)17(11)2-1-16-3-5-22-6-4-16/h8-12,18-19H,1-7H2,(H,15,23)(H,20,21)/t8-,9-,10-,11-,12+/m1/s1. The van der Waals surface area contributed by atoms with Crippen molar-refractivity contribution in [3.05, 3.63) is 0 Å². The molecule has 0 aromatic rings. The van der Waals surface area contributed by atoms with Crippen molar-refractivity contribution in [2.24, 2.45) is 5.92 Å². The third kappa shape index (κ3) is 3.29. The van der Waals surface area contributed by atoms with Crippen molar-refractivity contribution < 1.29 is 29.8 Å². The molecular formula is C14H23N3O5S. The Kier molecular flexibility index (Phi) is 5.02. The molecule has 0 radical (unpaired) electrons. The Morgan fingerprint density at radius 1 is 1.43 bits per heavy atom. The maximum atomic E-state index is 11.5. The van der Waals surface area contributed by atoms with Crippen LogP contribution in [-0.2, 0) is 9.53 Å². The van der Waals surface area contributed by atoms with Crippen molar-refractivity contribution in [2.75, 3.05) is 39.4 Å². The van der Waals surface area contributed by atoms with Crippen molar-refractivity contribution in [2.45, 2.75) is 30.7 Å². The summed E-state index contributed by atoms with van der Waals surface area (Å²) in [5.74, 6) is -2.06. The number of carboxylic acids is 1. The number of nitrogens with zero attached hydrogens (tertiary/aromatic N) is 1. The molecule has 23 heavy (non-hydrogen) atoms. The van der Waals surface area contributed by atoms with Gasteiger partial charge in [-0.05, 0) is 18.6 Å². The van der Waals surface area contributed by atoms with Gasteiger partial charge in [0.25, 0.3) is 0 Å². The van der Waals surface area contributed by atoms with Crippen LogP contribution in [0.2, 0.25) is 0 Å². The zero-order valence-corrected chi connectivity index (χ0v) is 13.6. The van der Waals surface area contributed by atoms with Crippen LogP contribution in [0.25, 0.3) is 0 Å². The molecule has 0 bridgehead atoms. The molecule has 0 unspecified atom stereocenters. The number of aliphatic carboxylic acids is 1. The van der Waals surface area contributed by atoms with Gasteiger partial charge < -0.3 is 40.0 Å². The molecule has 3 fully saturated rings. The number of fused-ring (bicyclic) bond motifs is 1. The van der Waals surface area contributed by atoms with Gasteiger partial charge in [0, 0.05) is 11.9 Å². The van der Waals surface area contributed by atoms with E-state index in [4.69, 9.17) is 17.0 Å². The molecule has 2 heterocycles. The van der Waals surface area contributed by atoms with Gasteiger partial charge in [0.05, 0.1) is 44.5 Å². The van der Waals surface area contributed by atoms with Gasteiger partial charge in [-0.2, -0.15) is 0 Å². The van der Waals surface area contributed by atoms with Crippen molar-refractivity contribution in [3.63, 3.8) is 0 Å². The predicted molar refractivity (Wildman–Crippen MR) is 81.5 cm³/mol. The smallest absolute Gasteiger partial charge is 0.169 e. The maximum absolute atomic E-state index is 11.5. The number of aliphatic hydroxyl groups is 2. The summed E-state index contributed by atoms with van der Waals surface area (Å²) in [6.45, 7) is 4.75. The zero-order valence-electron chi connectivity index (χ0n) is 12.8. The number of nitrogens with one attached hydrogen (secondary N) is 2. The summed E-state index contributed by atoms with van der Waals surface area (Å²) in [7, 11) is 0. The highest BCUT2D eigenvalue weighted by Gasteiger charge is 2.51. The van der Waals surface area contributed by atoms with Crippen LogP contribution in [0, 0.1) is 5.92 Å². The summed E-state index contributed by atoms with van der Waals surface area (Å²) in [6, 6.07) is -1.06. The first-order valence-electron chi connectivity index (χ1n) is 8.04. The normalized spacial score (nSPS) is 38.3. The van der Waals surface area contributed by atoms with Crippen LogP contribution in [0.5, 0.6) is 0 Å². The Morgan fingerprint density at radius 3 is 2.78 bits per heavy atom. The van der Waals surface area contributed by atoms with E-state index >= 15 is 0 Å².